The molecule has 1 aliphatic carbocycles. The molecule has 2 aliphatic rings. The molecule has 3 aromatic rings. The number of piperidine rings is 1. The Balaban J connectivity index is 1.56. The van der Waals surface area contributed by atoms with Gasteiger partial charge in [-0.1, -0.05) is 36.4 Å². The highest BCUT2D eigenvalue weighted by atomic mass is 16.1. The van der Waals surface area contributed by atoms with Gasteiger partial charge in [0.1, 0.15) is 5.69 Å². The van der Waals surface area contributed by atoms with Crippen molar-refractivity contribution in [3.8, 4) is 11.3 Å². The lowest BCUT2D eigenvalue weighted by Gasteiger charge is -2.24. The molecule has 3 heterocycles. The van der Waals surface area contributed by atoms with E-state index in [4.69, 9.17) is 5.10 Å². The molecule has 26 heavy (non-hydrogen) atoms. The van der Waals surface area contributed by atoms with Gasteiger partial charge in [0.2, 0.25) is 0 Å². The second-order valence-electron chi connectivity index (χ2n) is 7.43. The molecular formula is C22H21N3O. The van der Waals surface area contributed by atoms with Crippen LogP contribution in [-0.4, -0.2) is 27.5 Å². The first kappa shape index (κ1) is 15.5. The minimum atomic E-state index is -0.322. The molecule has 130 valence electrons. The number of carbonyl (C=O) groups excluding carboxylic acids is 1. The number of fused-ring (bicyclic) bond motifs is 3. The van der Waals surface area contributed by atoms with E-state index in [1.54, 1.807) is 6.08 Å². The standard InChI is InChI=1S/C22H21N3O/c26-20(22-12-11-16(14-22)15-23-22)10-9-18-19-8-4-5-13-25(19)24-21(18)17-6-2-1-3-7-17/h1-10,13,16,23H,11-12,14-15H2. The molecule has 5 rings (SSSR count). The summed E-state index contributed by atoms with van der Waals surface area (Å²) in [5, 5.41) is 8.20. The number of hydrogen-bond acceptors (Lipinski definition) is 3. The van der Waals surface area contributed by atoms with Crippen molar-refractivity contribution in [2.24, 2.45) is 5.92 Å². The molecule has 0 radical (unpaired) electrons. The van der Waals surface area contributed by atoms with Crippen LogP contribution in [0, 0.1) is 5.92 Å². The van der Waals surface area contributed by atoms with Gasteiger partial charge in [-0.25, -0.2) is 4.52 Å². The van der Waals surface area contributed by atoms with Crippen molar-refractivity contribution in [2.45, 2.75) is 24.8 Å². The second-order valence-corrected chi connectivity index (χ2v) is 7.43. The zero-order valence-corrected chi connectivity index (χ0v) is 14.6. The summed E-state index contributed by atoms with van der Waals surface area (Å²) in [7, 11) is 0. The van der Waals surface area contributed by atoms with E-state index < -0.39 is 0 Å². The first-order chi connectivity index (χ1) is 12.8. The van der Waals surface area contributed by atoms with E-state index in [-0.39, 0.29) is 11.3 Å². The van der Waals surface area contributed by atoms with Gasteiger partial charge in [-0.3, -0.25) is 4.79 Å². The van der Waals surface area contributed by atoms with Crippen molar-refractivity contribution in [3.05, 3.63) is 66.4 Å². The maximum atomic E-state index is 12.9. The summed E-state index contributed by atoms with van der Waals surface area (Å²) in [6.45, 7) is 0.978. The Bertz CT molecular complexity index is 995. The van der Waals surface area contributed by atoms with Crippen LogP contribution in [0.4, 0.5) is 0 Å². The Morgan fingerprint density at radius 1 is 1.19 bits per heavy atom. The fourth-order valence-electron chi connectivity index (χ4n) is 4.44. The number of aromatic nitrogens is 2. The maximum absolute atomic E-state index is 12.9. The lowest BCUT2D eigenvalue weighted by atomic mass is 9.92. The molecule has 1 aromatic carbocycles. The monoisotopic (exact) mass is 343 g/mol. The third-order valence-corrected chi connectivity index (χ3v) is 5.84. The zero-order valence-electron chi connectivity index (χ0n) is 14.6. The van der Waals surface area contributed by atoms with E-state index in [1.807, 2.05) is 53.2 Å². The lowest BCUT2D eigenvalue weighted by molar-refractivity contribution is -0.120. The van der Waals surface area contributed by atoms with Crippen LogP contribution < -0.4 is 5.32 Å². The molecule has 1 aliphatic heterocycles. The van der Waals surface area contributed by atoms with Gasteiger partial charge in [0.05, 0.1) is 11.1 Å². The average Bonchev–Trinajstić information content (AvgIpc) is 3.40. The Labute approximate surface area is 152 Å². The first-order valence-corrected chi connectivity index (χ1v) is 9.25. The lowest BCUT2D eigenvalue weighted by Crippen LogP contribution is -2.46. The van der Waals surface area contributed by atoms with Crippen molar-refractivity contribution in [1.29, 1.82) is 0 Å². The van der Waals surface area contributed by atoms with Crippen LogP contribution in [0.15, 0.2) is 60.8 Å². The second kappa shape index (κ2) is 5.92. The molecule has 2 unspecified atom stereocenters. The molecule has 1 saturated carbocycles. The van der Waals surface area contributed by atoms with E-state index in [9.17, 15) is 4.79 Å². The van der Waals surface area contributed by atoms with Crippen LogP contribution in [-0.2, 0) is 4.79 Å². The van der Waals surface area contributed by atoms with E-state index in [1.165, 1.54) is 6.42 Å². The van der Waals surface area contributed by atoms with Gasteiger partial charge >= 0.3 is 0 Å². The SMILES string of the molecule is O=C(C=Cc1c(-c2ccccc2)nn2ccccc12)C12CCC(CN1)C2. The molecule has 2 fully saturated rings. The molecular weight excluding hydrogens is 322 g/mol. The summed E-state index contributed by atoms with van der Waals surface area (Å²) in [4.78, 5) is 12.9. The molecule has 4 heteroatoms. The molecule has 2 aromatic heterocycles. The summed E-state index contributed by atoms with van der Waals surface area (Å²) in [5.41, 5.74) is 3.64. The van der Waals surface area contributed by atoms with Crippen LogP contribution in [0.25, 0.3) is 22.9 Å². The van der Waals surface area contributed by atoms with Crippen LogP contribution in [0.2, 0.25) is 0 Å². The van der Waals surface area contributed by atoms with E-state index in [0.717, 1.165) is 41.7 Å². The normalized spacial score (nSPS) is 24.7. The topological polar surface area (TPSA) is 46.4 Å². The Morgan fingerprint density at radius 2 is 2.04 bits per heavy atom. The number of ketones is 1. The maximum Gasteiger partial charge on any atom is 0.175 e. The van der Waals surface area contributed by atoms with Crippen molar-refractivity contribution in [1.82, 2.24) is 14.9 Å². The zero-order chi connectivity index (χ0) is 17.6. The highest BCUT2D eigenvalue weighted by molar-refractivity contribution is 6.02. The molecule has 0 amide bonds. The van der Waals surface area contributed by atoms with E-state index in [0.29, 0.717) is 5.92 Å². The summed E-state index contributed by atoms with van der Waals surface area (Å²) in [5.74, 6) is 0.871. The van der Waals surface area contributed by atoms with Gasteiger partial charge in [0.25, 0.3) is 0 Å². The van der Waals surface area contributed by atoms with Crippen molar-refractivity contribution < 1.29 is 4.79 Å². The largest absolute Gasteiger partial charge is 0.304 e. The predicted molar refractivity (Wildman–Crippen MR) is 103 cm³/mol. The van der Waals surface area contributed by atoms with Crippen molar-refractivity contribution >= 4 is 17.4 Å². The smallest absolute Gasteiger partial charge is 0.175 e. The minimum Gasteiger partial charge on any atom is -0.304 e. The van der Waals surface area contributed by atoms with Crippen LogP contribution in [0.1, 0.15) is 24.8 Å². The number of benzene rings is 1. The van der Waals surface area contributed by atoms with Crippen LogP contribution >= 0.6 is 0 Å². The predicted octanol–water partition coefficient (Wildman–Crippen LogP) is 3.73. The minimum absolute atomic E-state index is 0.201. The van der Waals surface area contributed by atoms with Gasteiger partial charge in [-0.15, -0.1) is 0 Å². The van der Waals surface area contributed by atoms with Crippen molar-refractivity contribution in [2.75, 3.05) is 6.54 Å². The molecule has 2 atom stereocenters. The average molecular weight is 343 g/mol. The molecule has 0 spiro atoms. The van der Waals surface area contributed by atoms with E-state index in [2.05, 4.69) is 17.4 Å². The number of carbonyl (C=O) groups is 1. The molecule has 4 nitrogen and oxygen atoms in total. The number of nitrogens with one attached hydrogen (secondary N) is 1. The number of nitrogens with zero attached hydrogens (tertiary/aromatic N) is 2. The van der Waals surface area contributed by atoms with E-state index >= 15 is 0 Å². The molecule has 1 N–H and O–H groups in total. The first-order valence-electron chi connectivity index (χ1n) is 9.25. The van der Waals surface area contributed by atoms with Crippen LogP contribution in [0.3, 0.4) is 0 Å². The Kier molecular flexibility index (Phi) is 3.54. The fourth-order valence-corrected chi connectivity index (χ4v) is 4.44. The summed E-state index contributed by atoms with van der Waals surface area (Å²) in [6, 6.07) is 16.1. The van der Waals surface area contributed by atoms with Gasteiger partial charge in [-0.2, -0.15) is 5.10 Å². The third kappa shape index (κ3) is 2.41. The van der Waals surface area contributed by atoms with Crippen LogP contribution in [0.5, 0.6) is 0 Å². The highest BCUT2D eigenvalue weighted by Gasteiger charge is 2.48. The van der Waals surface area contributed by atoms with Gasteiger partial charge in [0, 0.05) is 17.3 Å². The Hall–Kier alpha value is -2.72. The number of rotatable bonds is 4. The number of hydrogen-bond donors (Lipinski definition) is 1. The van der Waals surface area contributed by atoms with Gasteiger partial charge < -0.3 is 5.32 Å². The summed E-state index contributed by atoms with van der Waals surface area (Å²) in [6.07, 6.45) is 8.77. The molecule has 1 saturated heterocycles. The van der Waals surface area contributed by atoms with Gasteiger partial charge in [-0.05, 0) is 56.0 Å². The van der Waals surface area contributed by atoms with Crippen molar-refractivity contribution in [3.63, 3.8) is 0 Å². The summed E-state index contributed by atoms with van der Waals surface area (Å²) >= 11 is 0. The summed E-state index contributed by atoms with van der Waals surface area (Å²) < 4.78 is 1.88. The molecule has 2 bridgehead atoms. The number of pyridine rings is 1. The third-order valence-electron chi connectivity index (χ3n) is 5.84. The highest BCUT2D eigenvalue weighted by Crippen LogP contribution is 2.40. The fraction of sp³-hybridized carbons (Fsp3) is 0.273. The Morgan fingerprint density at radius 3 is 2.77 bits per heavy atom. The quantitative estimate of drug-likeness (QED) is 0.734. The van der Waals surface area contributed by atoms with Gasteiger partial charge in [0.15, 0.2) is 5.78 Å².